The van der Waals surface area contributed by atoms with E-state index in [1.165, 1.54) is 6.08 Å². The summed E-state index contributed by atoms with van der Waals surface area (Å²) in [7, 11) is 3.36. The second-order valence-electron chi connectivity index (χ2n) is 7.27. The summed E-state index contributed by atoms with van der Waals surface area (Å²) in [5, 5.41) is 0. The quantitative estimate of drug-likeness (QED) is 0.510. The molecule has 0 aliphatic carbocycles. The summed E-state index contributed by atoms with van der Waals surface area (Å²) < 4.78 is 10.3. The molecule has 0 radical (unpaired) electrons. The molecule has 0 bridgehead atoms. The van der Waals surface area contributed by atoms with Crippen molar-refractivity contribution < 1.29 is 14.3 Å². The minimum Gasteiger partial charge on any atom is -0.494 e. The zero-order valence-corrected chi connectivity index (χ0v) is 17.2. The zero-order valence-electron chi connectivity index (χ0n) is 17.2. The van der Waals surface area contributed by atoms with Gasteiger partial charge >= 0.3 is 0 Å². The Hall–Kier alpha value is -2.92. The molecule has 0 aliphatic heterocycles. The monoisotopic (exact) mass is 380 g/mol. The highest BCUT2D eigenvalue weighted by Gasteiger charge is 2.08. The van der Waals surface area contributed by atoms with Gasteiger partial charge in [-0.25, -0.2) is 4.98 Å². The molecule has 28 heavy (non-hydrogen) atoms. The number of ether oxygens (including phenoxy) is 2. The smallest absolute Gasteiger partial charge is 0.146 e. The molecule has 0 amide bonds. The molecule has 0 saturated carbocycles. The molecule has 0 saturated heterocycles. The third-order valence-electron chi connectivity index (χ3n) is 4.08. The van der Waals surface area contributed by atoms with Gasteiger partial charge in [-0.2, -0.15) is 0 Å². The van der Waals surface area contributed by atoms with Crippen LogP contribution in [0.2, 0.25) is 0 Å². The van der Waals surface area contributed by atoms with Crippen LogP contribution in [-0.4, -0.2) is 36.1 Å². The number of imidazole rings is 1. The number of hydrogen-bond donors (Lipinski definition) is 1. The Morgan fingerprint density at radius 3 is 2.32 bits per heavy atom. The number of rotatable bonds is 5. The minimum absolute atomic E-state index is 0.0417. The first kappa shape index (κ1) is 21.4. The van der Waals surface area contributed by atoms with Crippen molar-refractivity contribution in [3.63, 3.8) is 0 Å². The van der Waals surface area contributed by atoms with Crippen molar-refractivity contribution in [3.05, 3.63) is 65.5 Å². The number of nitrogens with zero attached hydrogens (tertiary/aromatic N) is 1. The van der Waals surface area contributed by atoms with Gasteiger partial charge in [-0.05, 0) is 50.1 Å². The maximum Gasteiger partial charge on any atom is 0.146 e. The zero-order chi connectivity index (χ0) is 20.6. The third kappa shape index (κ3) is 6.35. The molecule has 2 aromatic carbocycles. The first-order valence-electron chi connectivity index (χ1n) is 9.14. The van der Waals surface area contributed by atoms with Crippen molar-refractivity contribution in [2.75, 3.05) is 14.2 Å². The van der Waals surface area contributed by atoms with Gasteiger partial charge in [-0.15, -0.1) is 0 Å². The molecule has 5 nitrogen and oxygen atoms in total. The summed E-state index contributed by atoms with van der Waals surface area (Å²) in [5.41, 5.74) is 4.02. The second-order valence-corrected chi connectivity index (χ2v) is 7.27. The molecule has 0 atom stereocenters. The largest absolute Gasteiger partial charge is 0.494 e. The van der Waals surface area contributed by atoms with E-state index in [1.54, 1.807) is 20.3 Å². The van der Waals surface area contributed by atoms with Crippen molar-refractivity contribution in [1.29, 1.82) is 0 Å². The van der Waals surface area contributed by atoms with Crippen LogP contribution in [0, 0.1) is 0 Å². The van der Waals surface area contributed by atoms with Gasteiger partial charge in [-0.1, -0.05) is 36.4 Å². The van der Waals surface area contributed by atoms with E-state index in [4.69, 9.17) is 9.47 Å². The van der Waals surface area contributed by atoms with Gasteiger partial charge in [0, 0.05) is 13.5 Å². The van der Waals surface area contributed by atoms with E-state index in [-0.39, 0.29) is 5.60 Å². The van der Waals surface area contributed by atoms with Crippen molar-refractivity contribution >= 4 is 23.4 Å². The highest BCUT2D eigenvalue weighted by molar-refractivity contribution is 5.81. The van der Waals surface area contributed by atoms with Gasteiger partial charge < -0.3 is 14.5 Å². The number of aromatic amines is 1. The summed E-state index contributed by atoms with van der Waals surface area (Å²) in [4.78, 5) is 18.2. The molecule has 0 aliphatic rings. The van der Waals surface area contributed by atoms with Crippen LogP contribution in [0.15, 0.2) is 48.5 Å². The number of benzene rings is 2. The normalized spacial score (nSPS) is 11.3. The summed E-state index contributed by atoms with van der Waals surface area (Å²) in [5.74, 6) is 1.67. The molecule has 1 aromatic heterocycles. The lowest BCUT2D eigenvalue weighted by Crippen LogP contribution is -2.15. The van der Waals surface area contributed by atoms with Crippen LogP contribution in [0.4, 0.5) is 0 Å². The average Bonchev–Trinajstić information content (AvgIpc) is 3.09. The van der Waals surface area contributed by atoms with E-state index in [2.05, 4.69) is 9.97 Å². The van der Waals surface area contributed by atoms with Gasteiger partial charge in [0.15, 0.2) is 0 Å². The van der Waals surface area contributed by atoms with Crippen molar-refractivity contribution in [2.24, 2.45) is 0 Å². The maximum absolute atomic E-state index is 10.3. The summed E-state index contributed by atoms with van der Waals surface area (Å²) in [6.45, 7) is 6.06. The van der Waals surface area contributed by atoms with E-state index >= 15 is 0 Å². The van der Waals surface area contributed by atoms with Gasteiger partial charge in [0.05, 0.1) is 18.2 Å². The number of nitrogens with one attached hydrogen (secondary N) is 1. The highest BCUT2D eigenvalue weighted by atomic mass is 16.5. The number of hydrogen-bond acceptors (Lipinski definition) is 4. The highest BCUT2D eigenvalue weighted by Crippen LogP contribution is 2.23. The average molecular weight is 380 g/mol. The number of para-hydroxylation sites is 1. The van der Waals surface area contributed by atoms with Gasteiger partial charge in [-0.3, -0.25) is 4.79 Å². The lowest BCUT2D eigenvalue weighted by molar-refractivity contribution is -0.104. The Morgan fingerprint density at radius 1 is 1.07 bits per heavy atom. The Morgan fingerprint density at radius 2 is 1.75 bits per heavy atom. The van der Waals surface area contributed by atoms with Crippen LogP contribution in [0.3, 0.4) is 0 Å². The van der Waals surface area contributed by atoms with Crippen molar-refractivity contribution in [3.8, 4) is 5.75 Å². The maximum atomic E-state index is 10.3. The first-order valence-corrected chi connectivity index (χ1v) is 9.14. The number of methoxy groups -OCH3 is 2. The molecule has 3 aromatic rings. The van der Waals surface area contributed by atoms with Crippen LogP contribution in [0.25, 0.3) is 17.1 Å². The number of allylic oxidation sites excluding steroid dienone is 1. The van der Waals surface area contributed by atoms with Crippen molar-refractivity contribution in [1.82, 2.24) is 9.97 Å². The number of aldehydes is 1. The fraction of sp³-hybridized carbons (Fsp3) is 0.304. The van der Waals surface area contributed by atoms with Crippen LogP contribution >= 0.6 is 0 Å². The van der Waals surface area contributed by atoms with Gasteiger partial charge in [0.25, 0.3) is 0 Å². The SMILES string of the molecule is COC(C)(C)C.COc1cccc2[nH]c(Cc3ccc(/C=C/C=O)cc3)nc12. The Kier molecular flexibility index (Phi) is 7.52. The minimum atomic E-state index is 0.0417. The number of H-pyrrole nitrogens is 1. The predicted molar refractivity (Wildman–Crippen MR) is 114 cm³/mol. The molecular formula is C23H28N2O3. The Labute approximate surface area is 166 Å². The van der Waals surface area contributed by atoms with E-state index in [0.717, 1.165) is 46.4 Å². The van der Waals surface area contributed by atoms with E-state index in [9.17, 15) is 4.79 Å². The summed E-state index contributed by atoms with van der Waals surface area (Å²) in [6, 6.07) is 13.9. The number of carbonyl (C=O) groups excluding carboxylic acids is 1. The first-order chi connectivity index (χ1) is 13.4. The standard InChI is InChI=1S/C18H16N2O2.C5H12O/c1-22-16-6-2-5-15-18(16)20-17(19-15)12-14-9-7-13(8-10-14)4-3-11-21;1-5(2,3)6-4/h2-11H,12H2,1H3,(H,19,20);1-4H3/b4-3+;. The molecule has 0 fully saturated rings. The predicted octanol–water partition coefficient (Wildman–Crippen LogP) is 4.81. The van der Waals surface area contributed by atoms with Crippen LogP contribution in [-0.2, 0) is 16.0 Å². The van der Waals surface area contributed by atoms with Crippen LogP contribution in [0.5, 0.6) is 5.75 Å². The van der Waals surface area contributed by atoms with E-state index < -0.39 is 0 Å². The van der Waals surface area contributed by atoms with Crippen molar-refractivity contribution in [2.45, 2.75) is 32.8 Å². The molecule has 0 spiro atoms. The van der Waals surface area contributed by atoms with E-state index in [1.807, 2.05) is 63.2 Å². The van der Waals surface area contributed by atoms with Gasteiger partial charge in [0.1, 0.15) is 23.4 Å². The van der Waals surface area contributed by atoms with E-state index in [0.29, 0.717) is 0 Å². The lowest BCUT2D eigenvalue weighted by Gasteiger charge is -2.14. The van der Waals surface area contributed by atoms with Crippen LogP contribution < -0.4 is 4.74 Å². The third-order valence-corrected chi connectivity index (χ3v) is 4.08. The molecule has 5 heteroatoms. The molecule has 3 rings (SSSR count). The van der Waals surface area contributed by atoms with Crippen LogP contribution in [0.1, 0.15) is 37.7 Å². The topological polar surface area (TPSA) is 64.2 Å². The number of fused-ring (bicyclic) bond motifs is 1. The second kappa shape index (κ2) is 9.85. The van der Waals surface area contributed by atoms with Gasteiger partial charge in [0.2, 0.25) is 0 Å². The number of aromatic nitrogens is 2. The fourth-order valence-corrected chi connectivity index (χ4v) is 2.40. The lowest BCUT2D eigenvalue weighted by atomic mass is 10.1. The molecule has 148 valence electrons. The summed E-state index contributed by atoms with van der Waals surface area (Å²) >= 11 is 0. The Balaban J connectivity index is 0.000000409. The molecule has 1 N–H and O–H groups in total. The Bertz CT molecular complexity index is 919. The number of carbonyl (C=O) groups is 1. The fourth-order valence-electron chi connectivity index (χ4n) is 2.40. The molecule has 1 heterocycles. The summed E-state index contributed by atoms with van der Waals surface area (Å²) in [6.07, 6.45) is 4.76. The molecule has 0 unspecified atom stereocenters. The molecular weight excluding hydrogens is 352 g/mol.